The Morgan fingerprint density at radius 3 is 2.45 bits per heavy atom. The summed E-state index contributed by atoms with van der Waals surface area (Å²) in [6.07, 6.45) is 10.0. The van der Waals surface area contributed by atoms with Crippen LogP contribution in [-0.4, -0.2) is 66.6 Å². The highest BCUT2D eigenvalue weighted by Gasteiger charge is 2.37. The Balaban J connectivity index is 1.74. The predicted octanol–water partition coefficient (Wildman–Crippen LogP) is 4.78. The first kappa shape index (κ1) is 34.2. The van der Waals surface area contributed by atoms with E-state index in [1.54, 1.807) is 0 Å². The molecule has 1 fully saturated rings. The van der Waals surface area contributed by atoms with Crippen molar-refractivity contribution in [2.75, 3.05) is 26.4 Å². The number of carbonyl (C=O) groups is 2. The third-order valence-electron chi connectivity index (χ3n) is 6.61. The molecule has 0 aliphatic carbocycles. The van der Waals surface area contributed by atoms with Crippen LogP contribution in [0.5, 0.6) is 5.75 Å². The van der Waals surface area contributed by atoms with Gasteiger partial charge in [0.05, 0.1) is 26.4 Å². The number of nitrogens with two attached hydrogens (primary N) is 1. The second kappa shape index (κ2) is 19.2. The van der Waals surface area contributed by atoms with Gasteiger partial charge < -0.3 is 29.9 Å². The number of carboxylic acids is 1. The molecule has 1 heterocycles. The molecule has 0 amide bonds. The molecular formula is C28H46NO10P. The van der Waals surface area contributed by atoms with Crippen molar-refractivity contribution in [1.82, 2.24) is 0 Å². The van der Waals surface area contributed by atoms with Gasteiger partial charge in [-0.1, -0.05) is 76.5 Å². The summed E-state index contributed by atoms with van der Waals surface area (Å²) in [5, 5.41) is 8.80. The van der Waals surface area contributed by atoms with Crippen LogP contribution in [0, 0.1) is 0 Å². The van der Waals surface area contributed by atoms with Gasteiger partial charge in [0.15, 0.2) is 0 Å². The summed E-state index contributed by atoms with van der Waals surface area (Å²) in [6, 6.07) is 6.11. The van der Waals surface area contributed by atoms with E-state index >= 15 is 0 Å². The van der Waals surface area contributed by atoms with E-state index in [1.165, 1.54) is 44.9 Å². The normalized spacial score (nSPS) is 19.5. The molecule has 0 radical (unpaired) electrons. The van der Waals surface area contributed by atoms with Crippen molar-refractivity contribution in [2.24, 2.45) is 5.73 Å². The number of para-hydroxylation sites is 1. The van der Waals surface area contributed by atoms with E-state index in [0.29, 0.717) is 13.0 Å². The van der Waals surface area contributed by atoms with E-state index in [1.807, 2.05) is 24.3 Å². The van der Waals surface area contributed by atoms with Crippen LogP contribution in [0.2, 0.25) is 0 Å². The summed E-state index contributed by atoms with van der Waals surface area (Å²) in [6.45, 7) is 2.33. The topological polar surface area (TPSA) is 164 Å². The largest absolute Gasteiger partial charge is 0.493 e. The molecule has 1 aliphatic rings. The first-order valence-corrected chi connectivity index (χ1v) is 15.8. The number of hydrogen-bond donors (Lipinski definition) is 3. The van der Waals surface area contributed by atoms with Gasteiger partial charge in [0.1, 0.15) is 24.0 Å². The molecule has 1 aromatic rings. The quantitative estimate of drug-likeness (QED) is 0.103. The van der Waals surface area contributed by atoms with Gasteiger partial charge in [0, 0.05) is 12.8 Å². The average molecular weight is 588 g/mol. The predicted molar refractivity (Wildman–Crippen MR) is 149 cm³/mol. The number of benzene rings is 1. The van der Waals surface area contributed by atoms with Crippen molar-refractivity contribution >= 4 is 19.8 Å². The van der Waals surface area contributed by atoms with Gasteiger partial charge >= 0.3 is 19.8 Å². The van der Waals surface area contributed by atoms with Crippen molar-refractivity contribution in [3.05, 3.63) is 29.8 Å². The molecule has 12 heteroatoms. The molecule has 40 heavy (non-hydrogen) atoms. The Bertz CT molecular complexity index is 930. The minimum Gasteiger partial charge on any atom is -0.493 e. The lowest BCUT2D eigenvalue weighted by Gasteiger charge is -2.31. The van der Waals surface area contributed by atoms with Crippen LogP contribution in [0.25, 0.3) is 0 Å². The molecule has 4 atom stereocenters. The number of rotatable bonds is 21. The first-order valence-electron chi connectivity index (χ1n) is 14.3. The molecule has 0 bridgehead atoms. The van der Waals surface area contributed by atoms with Gasteiger partial charge in [-0.25, -0.2) is 4.57 Å². The highest BCUT2D eigenvalue weighted by Crippen LogP contribution is 2.46. The lowest BCUT2D eigenvalue weighted by atomic mass is 10.1. The fraction of sp³-hybridized carbons (Fsp3) is 0.714. The van der Waals surface area contributed by atoms with Crippen LogP contribution in [0.4, 0.5) is 0 Å². The maximum absolute atomic E-state index is 12.6. The maximum atomic E-state index is 12.6. The Kier molecular flexibility index (Phi) is 16.4. The van der Waals surface area contributed by atoms with E-state index < -0.39 is 44.6 Å². The smallest absolute Gasteiger partial charge is 0.472 e. The lowest BCUT2D eigenvalue weighted by Crippen LogP contribution is -2.41. The van der Waals surface area contributed by atoms with Crippen molar-refractivity contribution in [3.63, 3.8) is 0 Å². The van der Waals surface area contributed by atoms with E-state index in [0.717, 1.165) is 24.2 Å². The molecule has 4 N–H and O–H groups in total. The Morgan fingerprint density at radius 1 is 1.07 bits per heavy atom. The molecule has 11 nitrogen and oxygen atoms in total. The summed E-state index contributed by atoms with van der Waals surface area (Å²) < 4.78 is 38.9. The number of esters is 1. The summed E-state index contributed by atoms with van der Waals surface area (Å²) in [5.74, 6) is -1.13. The zero-order valence-electron chi connectivity index (χ0n) is 23.5. The second-order valence-electron chi connectivity index (χ2n) is 10.0. The van der Waals surface area contributed by atoms with Gasteiger partial charge in [-0.3, -0.25) is 18.6 Å². The molecule has 0 aromatic heterocycles. The molecular weight excluding hydrogens is 541 g/mol. The zero-order chi connectivity index (χ0) is 29.2. The third-order valence-corrected chi connectivity index (χ3v) is 7.62. The highest BCUT2D eigenvalue weighted by atomic mass is 31.2. The molecule has 0 spiro atoms. The number of aliphatic carboxylic acids is 1. The summed E-state index contributed by atoms with van der Waals surface area (Å²) in [4.78, 5) is 33.4. The van der Waals surface area contributed by atoms with Crippen LogP contribution in [0.3, 0.4) is 0 Å². The van der Waals surface area contributed by atoms with Gasteiger partial charge in [-0.05, 0) is 24.5 Å². The van der Waals surface area contributed by atoms with E-state index in [9.17, 15) is 19.0 Å². The van der Waals surface area contributed by atoms with E-state index in [2.05, 4.69) is 11.4 Å². The molecule has 228 valence electrons. The number of hydrogen-bond acceptors (Lipinski definition) is 9. The van der Waals surface area contributed by atoms with E-state index in [4.69, 9.17) is 29.6 Å². The molecule has 0 saturated carbocycles. The van der Waals surface area contributed by atoms with Gasteiger partial charge in [0.2, 0.25) is 0 Å². The second-order valence-corrected chi connectivity index (χ2v) is 11.4. The van der Waals surface area contributed by atoms with Crippen LogP contribution >= 0.6 is 7.82 Å². The molecule has 1 aromatic carbocycles. The van der Waals surface area contributed by atoms with Crippen molar-refractivity contribution < 1.29 is 47.4 Å². The number of phosphoric acid groups is 1. The molecule has 2 rings (SSSR count). The van der Waals surface area contributed by atoms with Crippen molar-refractivity contribution in [1.29, 1.82) is 0 Å². The number of phosphoric ester groups is 1. The fourth-order valence-corrected chi connectivity index (χ4v) is 5.23. The zero-order valence-corrected chi connectivity index (χ0v) is 24.4. The van der Waals surface area contributed by atoms with Crippen LogP contribution in [0.15, 0.2) is 24.3 Å². The van der Waals surface area contributed by atoms with Crippen LogP contribution in [0.1, 0.15) is 83.1 Å². The number of carboxylic acid groups (broad SMARTS) is 1. The fourth-order valence-electron chi connectivity index (χ4n) is 4.28. The van der Waals surface area contributed by atoms with Crippen molar-refractivity contribution in [3.8, 4) is 5.75 Å². The first-order chi connectivity index (χ1) is 19.2. The molecule has 1 saturated heterocycles. The van der Waals surface area contributed by atoms with Gasteiger partial charge in [-0.15, -0.1) is 0 Å². The summed E-state index contributed by atoms with van der Waals surface area (Å²) in [5.41, 5.74) is 6.20. The minimum absolute atomic E-state index is 0.0865. The van der Waals surface area contributed by atoms with Gasteiger partial charge in [-0.2, -0.15) is 0 Å². The minimum atomic E-state index is -4.66. The average Bonchev–Trinajstić information content (AvgIpc) is 2.93. The number of ether oxygens (including phenoxy) is 3. The third kappa shape index (κ3) is 14.1. The Hall–Kier alpha value is -2.01. The standard InChI is InChI=1S/C28H46NO10P/c1-2-3-4-5-6-7-8-9-12-18-36-24-14-11-10-13-22(24)15-16-27(30)38-25-17-19-35-21-26(25)39-40(33,34)37-20-23(29)28(31)32/h10-11,13-14,23,25-26H,2-9,12,15-21,29H2,1H3,(H,31,32)(H,33,34)/t23-,25?,26?/m0/s1. The molecule has 1 aliphatic heterocycles. The SMILES string of the molecule is CCCCCCCCCCCOc1ccccc1CCC(=O)OC1CCOCC1OP(=O)(O)OC[C@H](N)C(=O)O. The van der Waals surface area contributed by atoms with Crippen LogP contribution in [-0.2, 0) is 39.1 Å². The maximum Gasteiger partial charge on any atom is 0.472 e. The number of aryl methyl sites for hydroxylation is 1. The summed E-state index contributed by atoms with van der Waals surface area (Å²) >= 11 is 0. The van der Waals surface area contributed by atoms with Gasteiger partial charge in [0.25, 0.3) is 0 Å². The van der Waals surface area contributed by atoms with Crippen molar-refractivity contribution in [2.45, 2.75) is 102 Å². The highest BCUT2D eigenvalue weighted by molar-refractivity contribution is 7.47. The number of unbranched alkanes of at least 4 members (excludes halogenated alkanes) is 8. The molecule has 3 unspecified atom stereocenters. The van der Waals surface area contributed by atoms with Crippen LogP contribution < -0.4 is 10.5 Å². The summed E-state index contributed by atoms with van der Waals surface area (Å²) in [7, 11) is -4.66. The monoisotopic (exact) mass is 587 g/mol. The Morgan fingerprint density at radius 2 is 1.75 bits per heavy atom. The number of carbonyl (C=O) groups excluding carboxylic acids is 1. The van der Waals surface area contributed by atoms with E-state index in [-0.39, 0.29) is 26.1 Å². The Labute approximate surface area is 237 Å². The lowest BCUT2D eigenvalue weighted by molar-refractivity contribution is -0.164.